The highest BCUT2D eigenvalue weighted by atomic mass is 19.2. The van der Waals surface area contributed by atoms with Gasteiger partial charge in [0.05, 0.1) is 0 Å². The van der Waals surface area contributed by atoms with Crippen LogP contribution in [0.25, 0.3) is 0 Å². The molecule has 0 saturated heterocycles. The number of hydrogen-bond acceptors (Lipinski definition) is 2. The molecule has 0 saturated carbocycles. The lowest BCUT2D eigenvalue weighted by atomic mass is 10.2. The summed E-state index contributed by atoms with van der Waals surface area (Å²) in [5, 5.41) is 1.56. The van der Waals surface area contributed by atoms with Gasteiger partial charge in [-0.2, -0.15) is 0 Å². The topological polar surface area (TPSA) is 38.3 Å². The van der Waals surface area contributed by atoms with Crippen molar-refractivity contribution in [2.24, 2.45) is 0 Å². The third-order valence-corrected chi connectivity index (χ3v) is 1.91. The second-order valence-electron chi connectivity index (χ2n) is 3.13. The highest BCUT2D eigenvalue weighted by molar-refractivity contribution is 5.92. The fraction of sp³-hybridized carbons (Fsp3) is 0.300. The largest absolute Gasteiger partial charge is 0.372 e. The Kier molecular flexibility index (Phi) is 4.60. The molecule has 100 valence electrons. The zero-order valence-electron chi connectivity index (χ0n) is 9.12. The number of benzene rings is 1. The molecule has 1 rings (SSSR count). The Bertz CT molecular complexity index is 449. The van der Waals surface area contributed by atoms with E-state index in [1.165, 1.54) is 0 Å². The summed E-state index contributed by atoms with van der Waals surface area (Å²) in [5.74, 6) is -11.8. The maximum Gasteiger partial charge on any atom is 0.250 e. The van der Waals surface area contributed by atoms with Gasteiger partial charge in [-0.3, -0.25) is 4.79 Å². The van der Waals surface area contributed by atoms with Gasteiger partial charge in [0.25, 0.3) is 5.91 Å². The first-order chi connectivity index (χ1) is 8.40. The van der Waals surface area contributed by atoms with Crippen LogP contribution in [0.3, 0.4) is 0 Å². The first-order valence-corrected chi connectivity index (χ1v) is 4.79. The lowest BCUT2D eigenvalue weighted by Crippen LogP contribution is -2.21. The monoisotopic (exact) mass is 269 g/mol. The SMILES string of the molecule is CCOCC(=O)Nc1c(F)c(F)c(F)c(F)c1F. The molecule has 0 aliphatic carbocycles. The third-order valence-electron chi connectivity index (χ3n) is 1.91. The van der Waals surface area contributed by atoms with E-state index in [1.54, 1.807) is 12.2 Å². The lowest BCUT2D eigenvalue weighted by Gasteiger charge is -2.09. The van der Waals surface area contributed by atoms with Crippen molar-refractivity contribution in [1.82, 2.24) is 0 Å². The summed E-state index contributed by atoms with van der Waals surface area (Å²) in [5.41, 5.74) is -1.39. The van der Waals surface area contributed by atoms with Crippen molar-refractivity contribution in [3.63, 3.8) is 0 Å². The predicted molar refractivity (Wildman–Crippen MR) is 51.4 cm³/mol. The van der Waals surface area contributed by atoms with Crippen molar-refractivity contribution in [2.75, 3.05) is 18.5 Å². The Morgan fingerprint density at radius 1 is 1.00 bits per heavy atom. The highest BCUT2D eigenvalue weighted by Gasteiger charge is 2.26. The molecule has 8 heteroatoms. The fourth-order valence-electron chi connectivity index (χ4n) is 1.08. The standard InChI is InChI=1S/C10H8F5NO2/c1-2-18-3-4(17)16-10-8(14)6(12)5(11)7(13)9(10)15/h2-3H2,1H3,(H,16,17). The molecule has 1 amide bonds. The van der Waals surface area contributed by atoms with E-state index < -0.39 is 47.3 Å². The Hall–Kier alpha value is -1.70. The molecule has 0 aromatic heterocycles. The van der Waals surface area contributed by atoms with Crippen LogP contribution in [0.2, 0.25) is 0 Å². The van der Waals surface area contributed by atoms with E-state index in [2.05, 4.69) is 4.74 Å². The van der Waals surface area contributed by atoms with Gasteiger partial charge in [-0.1, -0.05) is 0 Å². The molecule has 0 aliphatic rings. The normalized spacial score (nSPS) is 10.6. The van der Waals surface area contributed by atoms with E-state index >= 15 is 0 Å². The van der Waals surface area contributed by atoms with Gasteiger partial charge in [-0.05, 0) is 6.92 Å². The highest BCUT2D eigenvalue weighted by Crippen LogP contribution is 2.26. The van der Waals surface area contributed by atoms with Crippen molar-refractivity contribution < 1.29 is 31.5 Å². The second kappa shape index (κ2) is 5.76. The van der Waals surface area contributed by atoms with Crippen LogP contribution in [0, 0.1) is 29.1 Å². The smallest absolute Gasteiger partial charge is 0.250 e. The Morgan fingerprint density at radius 3 is 1.89 bits per heavy atom. The maximum atomic E-state index is 13.1. The van der Waals surface area contributed by atoms with Crippen LogP contribution in [-0.4, -0.2) is 19.1 Å². The van der Waals surface area contributed by atoms with E-state index in [4.69, 9.17) is 0 Å². The van der Waals surface area contributed by atoms with Gasteiger partial charge in [-0.15, -0.1) is 0 Å². The predicted octanol–water partition coefficient (Wildman–Crippen LogP) is 2.36. The number of halogens is 5. The van der Waals surface area contributed by atoms with Crippen molar-refractivity contribution in [3.05, 3.63) is 29.1 Å². The van der Waals surface area contributed by atoms with Crippen molar-refractivity contribution >= 4 is 11.6 Å². The minimum Gasteiger partial charge on any atom is -0.372 e. The van der Waals surface area contributed by atoms with Crippen LogP contribution in [-0.2, 0) is 9.53 Å². The van der Waals surface area contributed by atoms with Gasteiger partial charge in [0.15, 0.2) is 23.3 Å². The summed E-state index contributed by atoms with van der Waals surface area (Å²) >= 11 is 0. The van der Waals surface area contributed by atoms with Gasteiger partial charge in [0.2, 0.25) is 5.82 Å². The van der Waals surface area contributed by atoms with E-state index in [0.717, 1.165) is 0 Å². The molecule has 1 aromatic carbocycles. The summed E-state index contributed by atoms with van der Waals surface area (Å²) in [4.78, 5) is 11.1. The quantitative estimate of drug-likeness (QED) is 0.517. The average Bonchev–Trinajstić information content (AvgIpc) is 2.36. The van der Waals surface area contributed by atoms with Gasteiger partial charge < -0.3 is 10.1 Å². The summed E-state index contributed by atoms with van der Waals surface area (Å²) in [6.07, 6.45) is 0. The van der Waals surface area contributed by atoms with E-state index in [1.807, 2.05) is 0 Å². The van der Waals surface area contributed by atoms with Crippen LogP contribution in [0.15, 0.2) is 0 Å². The number of nitrogens with one attached hydrogen (secondary N) is 1. The molecule has 0 atom stereocenters. The molecule has 0 unspecified atom stereocenters. The molecule has 18 heavy (non-hydrogen) atoms. The fourth-order valence-corrected chi connectivity index (χ4v) is 1.08. The van der Waals surface area contributed by atoms with Crippen LogP contribution < -0.4 is 5.32 Å². The Labute approximate surface area is 98.5 Å². The van der Waals surface area contributed by atoms with Crippen molar-refractivity contribution in [1.29, 1.82) is 0 Å². The van der Waals surface area contributed by atoms with Crippen LogP contribution in [0.1, 0.15) is 6.92 Å². The molecule has 3 nitrogen and oxygen atoms in total. The number of carbonyl (C=O) groups excluding carboxylic acids is 1. The first-order valence-electron chi connectivity index (χ1n) is 4.79. The number of ether oxygens (including phenoxy) is 1. The number of carbonyl (C=O) groups is 1. The van der Waals surface area contributed by atoms with Gasteiger partial charge >= 0.3 is 0 Å². The average molecular weight is 269 g/mol. The van der Waals surface area contributed by atoms with E-state index in [0.29, 0.717) is 0 Å². The second-order valence-corrected chi connectivity index (χ2v) is 3.13. The molecule has 0 spiro atoms. The van der Waals surface area contributed by atoms with Gasteiger partial charge in [0.1, 0.15) is 12.3 Å². The summed E-state index contributed by atoms with van der Waals surface area (Å²) in [7, 11) is 0. The van der Waals surface area contributed by atoms with E-state index in [-0.39, 0.29) is 6.61 Å². The molecule has 0 radical (unpaired) electrons. The number of amides is 1. The number of rotatable bonds is 4. The molecular weight excluding hydrogens is 261 g/mol. The Morgan fingerprint density at radius 2 is 1.44 bits per heavy atom. The van der Waals surface area contributed by atoms with Crippen LogP contribution in [0.5, 0.6) is 0 Å². The van der Waals surface area contributed by atoms with Crippen LogP contribution >= 0.6 is 0 Å². The minimum absolute atomic E-state index is 0.157. The third kappa shape index (κ3) is 2.76. The zero-order chi connectivity index (χ0) is 13.9. The number of anilines is 1. The molecule has 0 aliphatic heterocycles. The molecular formula is C10H8F5NO2. The molecule has 1 N–H and O–H groups in total. The zero-order valence-corrected chi connectivity index (χ0v) is 9.12. The molecule has 1 aromatic rings. The minimum atomic E-state index is -2.28. The summed E-state index contributed by atoms with van der Waals surface area (Å²) in [6, 6.07) is 0. The number of hydrogen-bond donors (Lipinski definition) is 1. The van der Waals surface area contributed by atoms with Gasteiger partial charge in [0, 0.05) is 6.61 Å². The van der Waals surface area contributed by atoms with Crippen molar-refractivity contribution in [3.8, 4) is 0 Å². The lowest BCUT2D eigenvalue weighted by molar-refractivity contribution is -0.120. The Balaban J connectivity index is 3.06. The molecule has 0 heterocycles. The maximum absolute atomic E-state index is 13.1. The summed E-state index contributed by atoms with van der Waals surface area (Å²) in [6.45, 7) is 1.16. The first kappa shape index (κ1) is 14.4. The molecule has 0 fully saturated rings. The van der Waals surface area contributed by atoms with Crippen molar-refractivity contribution in [2.45, 2.75) is 6.92 Å². The van der Waals surface area contributed by atoms with E-state index in [9.17, 15) is 26.7 Å². The summed E-state index contributed by atoms with van der Waals surface area (Å²) < 4.78 is 69.0. The van der Waals surface area contributed by atoms with Crippen LogP contribution in [0.4, 0.5) is 27.6 Å². The van der Waals surface area contributed by atoms with Gasteiger partial charge in [-0.25, -0.2) is 22.0 Å². The molecule has 0 bridgehead atoms.